The van der Waals surface area contributed by atoms with Crippen molar-refractivity contribution in [2.24, 2.45) is 11.8 Å². The lowest BCUT2D eigenvalue weighted by Crippen LogP contribution is -2.10. The zero-order valence-electron chi connectivity index (χ0n) is 12.2. The Balaban J connectivity index is 1.66. The average molecular weight is 284 g/mol. The molecular weight excluding hydrogens is 264 g/mol. The molecule has 3 rings (SSSR count). The van der Waals surface area contributed by atoms with Crippen LogP contribution in [0.2, 0.25) is 0 Å². The van der Waals surface area contributed by atoms with Gasteiger partial charge in [-0.05, 0) is 36.5 Å². The van der Waals surface area contributed by atoms with Crippen molar-refractivity contribution in [1.29, 1.82) is 0 Å². The number of hydrogen-bond acceptors (Lipinski definition) is 3. The van der Waals surface area contributed by atoms with Crippen molar-refractivity contribution >= 4 is 11.8 Å². The second kappa shape index (κ2) is 5.84. The van der Waals surface area contributed by atoms with E-state index >= 15 is 0 Å². The zero-order chi connectivity index (χ0) is 14.8. The van der Waals surface area contributed by atoms with Crippen LogP contribution in [0, 0.1) is 11.8 Å². The summed E-state index contributed by atoms with van der Waals surface area (Å²) in [6.45, 7) is 2.54. The van der Waals surface area contributed by atoms with E-state index < -0.39 is 0 Å². The van der Waals surface area contributed by atoms with Crippen LogP contribution in [-0.4, -0.2) is 18.4 Å². The molecule has 0 saturated heterocycles. The monoisotopic (exact) mass is 284 g/mol. The lowest BCUT2D eigenvalue weighted by Gasteiger charge is -2.17. The fraction of sp³-hybridized carbons (Fsp3) is 0.444. The maximum absolute atomic E-state index is 11.9. The van der Waals surface area contributed by atoms with Gasteiger partial charge in [-0.3, -0.25) is 4.79 Å². The normalized spacial score (nSPS) is 26.3. The Morgan fingerprint density at radius 3 is 2.57 bits per heavy atom. The van der Waals surface area contributed by atoms with Crippen molar-refractivity contribution in [3.63, 3.8) is 0 Å². The fourth-order valence-corrected chi connectivity index (χ4v) is 3.24. The first-order valence-electron chi connectivity index (χ1n) is 7.70. The van der Waals surface area contributed by atoms with Crippen molar-refractivity contribution in [2.75, 3.05) is 6.61 Å². The molecule has 0 aliphatic heterocycles. The zero-order valence-corrected chi connectivity index (χ0v) is 12.2. The Morgan fingerprint density at radius 1 is 1.24 bits per heavy atom. The summed E-state index contributed by atoms with van der Waals surface area (Å²) in [4.78, 5) is 23.8. The number of hydrogen-bond donors (Lipinski definition) is 0. The van der Waals surface area contributed by atoms with Crippen molar-refractivity contribution in [2.45, 2.75) is 32.1 Å². The van der Waals surface area contributed by atoms with Gasteiger partial charge >= 0.3 is 5.97 Å². The minimum absolute atomic E-state index is 0.0392. The molecule has 21 heavy (non-hydrogen) atoms. The summed E-state index contributed by atoms with van der Waals surface area (Å²) in [7, 11) is 0. The van der Waals surface area contributed by atoms with E-state index in [0.29, 0.717) is 18.0 Å². The van der Waals surface area contributed by atoms with Crippen LogP contribution in [0.3, 0.4) is 0 Å². The quantitative estimate of drug-likeness (QED) is 0.472. The maximum Gasteiger partial charge on any atom is 0.338 e. The number of allylic oxidation sites excluding steroid dienone is 2. The summed E-state index contributed by atoms with van der Waals surface area (Å²) < 4.78 is 5.20. The highest BCUT2D eigenvalue weighted by Gasteiger charge is 2.43. The summed E-state index contributed by atoms with van der Waals surface area (Å²) >= 11 is 0. The Morgan fingerprint density at radius 2 is 2.00 bits per heavy atom. The van der Waals surface area contributed by atoms with E-state index in [-0.39, 0.29) is 23.7 Å². The molecule has 2 aliphatic carbocycles. The van der Waals surface area contributed by atoms with Crippen molar-refractivity contribution in [3.8, 4) is 0 Å². The molecule has 1 saturated carbocycles. The first-order valence-corrected chi connectivity index (χ1v) is 7.70. The van der Waals surface area contributed by atoms with Crippen LogP contribution in [0.15, 0.2) is 36.4 Å². The molecule has 110 valence electrons. The van der Waals surface area contributed by atoms with E-state index in [0.717, 1.165) is 24.8 Å². The van der Waals surface area contributed by atoms with E-state index in [1.807, 2.05) is 36.4 Å². The van der Waals surface area contributed by atoms with Crippen LogP contribution >= 0.6 is 0 Å². The smallest absolute Gasteiger partial charge is 0.338 e. The molecule has 2 aliphatic rings. The van der Waals surface area contributed by atoms with Crippen molar-refractivity contribution in [3.05, 3.63) is 47.5 Å². The van der Waals surface area contributed by atoms with Gasteiger partial charge in [0.15, 0.2) is 0 Å². The third-order valence-corrected chi connectivity index (χ3v) is 4.49. The molecule has 1 aromatic rings. The third-order valence-electron chi connectivity index (χ3n) is 4.49. The van der Waals surface area contributed by atoms with Gasteiger partial charge in [0, 0.05) is 11.8 Å². The highest BCUT2D eigenvalue weighted by Crippen LogP contribution is 2.46. The summed E-state index contributed by atoms with van der Waals surface area (Å²) in [5, 5.41) is 0. The van der Waals surface area contributed by atoms with Gasteiger partial charge < -0.3 is 4.74 Å². The molecule has 3 unspecified atom stereocenters. The van der Waals surface area contributed by atoms with Gasteiger partial charge in [0.1, 0.15) is 5.78 Å². The van der Waals surface area contributed by atoms with Gasteiger partial charge in [0.05, 0.1) is 12.2 Å². The summed E-state index contributed by atoms with van der Waals surface area (Å²) in [5.41, 5.74) is 1.73. The van der Waals surface area contributed by atoms with Crippen LogP contribution in [0.1, 0.15) is 48.0 Å². The Hall–Kier alpha value is -1.90. The molecule has 0 spiro atoms. The van der Waals surface area contributed by atoms with Crippen LogP contribution in [-0.2, 0) is 9.53 Å². The van der Waals surface area contributed by atoms with Gasteiger partial charge in [-0.1, -0.05) is 37.6 Å². The predicted octanol–water partition coefficient (Wildman–Crippen LogP) is 3.50. The highest BCUT2D eigenvalue weighted by molar-refractivity contribution is 5.93. The Labute approximate surface area is 125 Å². The van der Waals surface area contributed by atoms with Gasteiger partial charge in [-0.25, -0.2) is 4.79 Å². The standard InChI is InChI=1S/C18H20O3/c1-2-3-10-21-18(20)13-6-4-12(5-7-13)16-11-14-8-9-15(16)17(14)19/h4-9,14-16H,2-3,10-11H2,1H3. The van der Waals surface area contributed by atoms with E-state index in [1.165, 1.54) is 0 Å². The van der Waals surface area contributed by atoms with E-state index in [4.69, 9.17) is 4.74 Å². The van der Waals surface area contributed by atoms with Gasteiger partial charge in [0.25, 0.3) is 0 Å². The number of unbranched alkanes of at least 4 members (excludes halogenated alkanes) is 1. The largest absolute Gasteiger partial charge is 0.462 e. The van der Waals surface area contributed by atoms with E-state index in [9.17, 15) is 9.59 Å². The van der Waals surface area contributed by atoms with Crippen LogP contribution < -0.4 is 0 Å². The topological polar surface area (TPSA) is 43.4 Å². The van der Waals surface area contributed by atoms with Gasteiger partial charge in [-0.15, -0.1) is 0 Å². The molecule has 2 bridgehead atoms. The van der Waals surface area contributed by atoms with Crippen LogP contribution in [0.4, 0.5) is 0 Å². The first-order chi connectivity index (χ1) is 10.2. The molecule has 0 N–H and O–H groups in total. The second-order valence-electron chi connectivity index (χ2n) is 5.87. The molecule has 0 radical (unpaired) electrons. The second-order valence-corrected chi connectivity index (χ2v) is 5.87. The molecule has 0 aromatic heterocycles. The van der Waals surface area contributed by atoms with Gasteiger partial charge in [-0.2, -0.15) is 0 Å². The number of fused-ring (bicyclic) bond motifs is 2. The van der Waals surface area contributed by atoms with E-state index in [1.54, 1.807) is 0 Å². The number of esters is 1. The van der Waals surface area contributed by atoms with Gasteiger partial charge in [0.2, 0.25) is 0 Å². The number of benzene rings is 1. The molecule has 1 fully saturated rings. The summed E-state index contributed by atoms with van der Waals surface area (Å²) in [6, 6.07) is 7.54. The number of ether oxygens (including phenoxy) is 1. The Kier molecular flexibility index (Phi) is 3.91. The number of carbonyl (C=O) groups is 2. The minimum Gasteiger partial charge on any atom is -0.462 e. The molecule has 0 heterocycles. The number of carbonyl (C=O) groups excluding carboxylic acids is 2. The van der Waals surface area contributed by atoms with Crippen LogP contribution in [0.25, 0.3) is 0 Å². The maximum atomic E-state index is 11.9. The lowest BCUT2D eigenvalue weighted by molar-refractivity contribution is -0.120. The number of rotatable bonds is 5. The van der Waals surface area contributed by atoms with Crippen molar-refractivity contribution in [1.82, 2.24) is 0 Å². The van der Waals surface area contributed by atoms with Crippen molar-refractivity contribution < 1.29 is 14.3 Å². The molecule has 3 heteroatoms. The molecule has 1 aromatic carbocycles. The minimum atomic E-state index is -0.265. The fourth-order valence-electron chi connectivity index (χ4n) is 3.24. The SMILES string of the molecule is CCCCOC(=O)c1ccc(C2CC3C=CC2C3=O)cc1. The molecule has 3 nitrogen and oxygen atoms in total. The first kappa shape index (κ1) is 14.1. The molecule has 0 amide bonds. The predicted molar refractivity (Wildman–Crippen MR) is 80.1 cm³/mol. The van der Waals surface area contributed by atoms with Crippen LogP contribution in [0.5, 0.6) is 0 Å². The molecular formula is C18H20O3. The number of Topliss-reactive ketones (excluding diaryl/α,β-unsaturated/α-hetero) is 1. The van der Waals surface area contributed by atoms with E-state index in [2.05, 4.69) is 6.92 Å². The Bertz CT molecular complexity index is 571. The summed E-state index contributed by atoms with van der Waals surface area (Å²) in [6.07, 6.45) is 6.87. The third kappa shape index (κ3) is 2.65. The molecule has 3 atom stereocenters. The highest BCUT2D eigenvalue weighted by atomic mass is 16.5. The number of ketones is 1. The lowest BCUT2D eigenvalue weighted by atomic mass is 9.86. The average Bonchev–Trinajstić information content (AvgIpc) is 3.03. The summed E-state index contributed by atoms with van der Waals surface area (Å²) in [5.74, 6) is 0.510.